The van der Waals surface area contributed by atoms with Crippen LogP contribution in [-0.2, 0) is 20.5 Å². The van der Waals surface area contributed by atoms with Crippen LogP contribution in [-0.4, -0.2) is 78.7 Å². The van der Waals surface area contributed by atoms with Crippen molar-refractivity contribution in [3.8, 4) is 0 Å². The number of unbranched alkanes of at least 4 members (excludes halogenated alkanes) is 3. The van der Waals surface area contributed by atoms with E-state index in [1.54, 1.807) is 0 Å². The van der Waals surface area contributed by atoms with Crippen LogP contribution >= 0.6 is 0 Å². The van der Waals surface area contributed by atoms with E-state index in [2.05, 4.69) is 36.2 Å². The van der Waals surface area contributed by atoms with Crippen LogP contribution in [0.25, 0.3) is 0 Å². The van der Waals surface area contributed by atoms with Gasteiger partial charge in [-0.25, -0.2) is 4.98 Å². The molecule has 1 aliphatic rings. The molecule has 0 bridgehead atoms. The minimum Gasteiger partial charge on any atom is -0.453 e. The number of nitrogens with two attached hydrogens (primary N) is 1. The smallest absolute Gasteiger partial charge is 0.453 e. The number of rotatable bonds is 16. The maximum Gasteiger partial charge on any atom is 0.461 e. The van der Waals surface area contributed by atoms with Gasteiger partial charge < -0.3 is 24.8 Å². The molecular weight excluding hydrogens is 517 g/mol. The number of ketones is 1. The number of benzene rings is 1. The highest BCUT2D eigenvalue weighted by Crippen LogP contribution is 2.29. The van der Waals surface area contributed by atoms with Crippen LogP contribution in [0, 0.1) is 13.0 Å². The van der Waals surface area contributed by atoms with Crippen LogP contribution in [0.1, 0.15) is 68.4 Å². The highest BCUT2D eigenvalue weighted by atomic mass is 16.6. The summed E-state index contributed by atoms with van der Waals surface area (Å²) in [5.41, 5.74) is 6.77. The lowest BCUT2D eigenvalue weighted by molar-refractivity contribution is -0.887. The summed E-state index contributed by atoms with van der Waals surface area (Å²) in [6, 6.07) is 9.01. The molecular formula is C31H48BN5O4. The van der Waals surface area contributed by atoms with Gasteiger partial charge in [0.2, 0.25) is 0 Å². The average molecular weight is 566 g/mol. The van der Waals surface area contributed by atoms with Crippen LogP contribution in [0.3, 0.4) is 0 Å². The number of aromatic nitrogens is 2. The molecule has 1 fully saturated rings. The third-order valence-electron chi connectivity index (χ3n) is 7.68. The van der Waals surface area contributed by atoms with Crippen molar-refractivity contribution in [2.45, 2.75) is 70.7 Å². The Balaban J connectivity index is 1.66. The third kappa shape index (κ3) is 11.6. The van der Waals surface area contributed by atoms with Crippen molar-refractivity contribution in [3.63, 3.8) is 0 Å². The van der Waals surface area contributed by atoms with Crippen LogP contribution in [0.15, 0.2) is 48.9 Å². The number of hydrogen-bond donors (Lipinski definition) is 2. The zero-order chi connectivity index (χ0) is 29.5. The van der Waals surface area contributed by atoms with Gasteiger partial charge in [0, 0.05) is 24.6 Å². The van der Waals surface area contributed by atoms with Gasteiger partial charge in [-0.15, -0.1) is 7.05 Å². The highest BCUT2D eigenvalue weighted by molar-refractivity contribution is 6.47. The lowest BCUT2D eigenvalue weighted by atomic mass is 9.64. The van der Waals surface area contributed by atoms with Crippen LogP contribution in [0.2, 0.25) is 5.82 Å². The summed E-state index contributed by atoms with van der Waals surface area (Å²) < 4.78 is 13.2. The summed E-state index contributed by atoms with van der Waals surface area (Å²) in [4.78, 5) is 34.9. The predicted molar refractivity (Wildman–Crippen MR) is 162 cm³/mol. The molecule has 9 nitrogen and oxygen atoms in total. The molecule has 2 heterocycles. The van der Waals surface area contributed by atoms with Gasteiger partial charge in [-0.2, -0.15) is 0 Å². The van der Waals surface area contributed by atoms with Gasteiger partial charge in [0.1, 0.15) is 5.69 Å². The topological polar surface area (TPSA) is 116 Å². The molecule has 3 rings (SSSR count). The number of nitrogens with zero attached hydrogens (tertiary/aromatic N) is 3. The Morgan fingerprint density at radius 3 is 2.41 bits per heavy atom. The molecule has 3 N–H and O–H groups in total. The maximum absolute atomic E-state index is 13.8. The Bertz CT molecular complexity index is 1030. The molecule has 1 aromatic heterocycles. The van der Waals surface area contributed by atoms with Gasteiger partial charge in [-0.05, 0) is 50.1 Å². The second-order valence-electron chi connectivity index (χ2n) is 11.7. The summed E-state index contributed by atoms with van der Waals surface area (Å²) >= 11 is 0. The molecule has 0 spiro atoms. The van der Waals surface area contributed by atoms with E-state index in [-0.39, 0.29) is 23.7 Å². The monoisotopic (exact) mass is 565 g/mol. The predicted octanol–water partition coefficient (Wildman–Crippen LogP) is 3.86. The van der Waals surface area contributed by atoms with E-state index in [0.717, 1.165) is 63.8 Å². The second kappa shape index (κ2) is 17.3. The first-order valence-corrected chi connectivity index (χ1v) is 15.1. The van der Waals surface area contributed by atoms with Gasteiger partial charge in [-0.1, -0.05) is 50.6 Å². The normalized spacial score (nSPS) is 17.0. The molecule has 1 aliphatic heterocycles. The van der Waals surface area contributed by atoms with E-state index in [9.17, 15) is 9.59 Å². The molecule has 10 heteroatoms. The number of carbonyl (C=O) groups is 2. The quantitative estimate of drug-likeness (QED) is 0.137. The lowest BCUT2D eigenvalue weighted by Crippen LogP contribution is -2.51. The fraction of sp³-hybridized carbons (Fsp3) is 0.581. The number of nitrogens with one attached hydrogen (secondary N) is 1. The molecule has 1 saturated heterocycles. The fourth-order valence-electron chi connectivity index (χ4n) is 5.37. The van der Waals surface area contributed by atoms with E-state index < -0.39 is 19.1 Å². The van der Waals surface area contributed by atoms with E-state index in [1.165, 1.54) is 18.6 Å². The number of hydrogen-bond acceptors (Lipinski definition) is 7. The summed E-state index contributed by atoms with van der Waals surface area (Å²) in [5.74, 6) is -0.247. The van der Waals surface area contributed by atoms with Crippen molar-refractivity contribution in [2.24, 2.45) is 11.7 Å². The molecule has 0 radical (unpaired) electrons. The molecule has 2 aromatic rings. The maximum atomic E-state index is 13.8. The lowest BCUT2D eigenvalue weighted by Gasteiger charge is -2.44. The second-order valence-corrected chi connectivity index (χ2v) is 11.7. The summed E-state index contributed by atoms with van der Waals surface area (Å²) in [7, 11) is 4.00. The average Bonchev–Trinajstić information content (AvgIpc) is 2.95. The number of carbonyl (C=O) groups excluding carboxylic acids is 2. The zero-order valence-electron chi connectivity index (χ0n) is 24.9. The molecule has 0 unspecified atom stereocenters. The van der Waals surface area contributed by atoms with Crippen molar-refractivity contribution < 1.29 is 23.4 Å². The minimum atomic E-state index is -0.710. The van der Waals surface area contributed by atoms with Crippen molar-refractivity contribution in [2.75, 3.05) is 39.4 Å². The Hall–Kier alpha value is -2.66. The van der Waals surface area contributed by atoms with Crippen LogP contribution in [0.4, 0.5) is 0 Å². The third-order valence-corrected chi connectivity index (χ3v) is 7.68. The molecule has 1 amide bonds. The Kier molecular flexibility index (Phi) is 13.9. The van der Waals surface area contributed by atoms with Crippen molar-refractivity contribution >= 4 is 18.8 Å². The van der Waals surface area contributed by atoms with Gasteiger partial charge in [0.25, 0.3) is 5.91 Å². The van der Waals surface area contributed by atoms with Crippen LogP contribution in [0.5, 0.6) is 0 Å². The first kappa shape index (κ1) is 32.9. The molecule has 0 aliphatic carbocycles. The van der Waals surface area contributed by atoms with E-state index in [0.29, 0.717) is 30.0 Å². The molecule has 224 valence electrons. The minimum absolute atomic E-state index is 0.0502. The number of Topliss-reactive ketones (excluding diaryl/α,β-unsaturated/α-hetero) is 1. The molecule has 2 atom stereocenters. The van der Waals surface area contributed by atoms with Crippen molar-refractivity contribution in [3.05, 3.63) is 67.2 Å². The number of quaternary nitrogens is 1. The summed E-state index contributed by atoms with van der Waals surface area (Å²) in [6.45, 7) is 8.68. The first-order chi connectivity index (χ1) is 19.8. The zero-order valence-corrected chi connectivity index (χ0v) is 24.9. The first-order valence-electron chi connectivity index (χ1n) is 15.1. The summed E-state index contributed by atoms with van der Waals surface area (Å²) in [6.07, 6.45) is 10.3. The Labute approximate surface area is 246 Å². The Morgan fingerprint density at radius 2 is 1.78 bits per heavy atom. The van der Waals surface area contributed by atoms with Gasteiger partial charge >= 0.3 is 7.12 Å². The van der Waals surface area contributed by atoms with E-state index in [4.69, 9.17) is 15.0 Å². The van der Waals surface area contributed by atoms with Gasteiger partial charge in [0.05, 0.1) is 45.1 Å². The molecule has 41 heavy (non-hydrogen) atoms. The van der Waals surface area contributed by atoms with Gasteiger partial charge in [-0.3, -0.25) is 14.6 Å². The SMILES string of the molecule is [CH2-][N+]1(CCCCCCN)CCOB([C@@H](CC(=O)[C@H](Cc2ccccc2)NC(=O)c2cnccn2)CC(C)C)OCC1. The largest absolute Gasteiger partial charge is 0.461 e. The van der Waals surface area contributed by atoms with Crippen LogP contribution < -0.4 is 11.1 Å². The fourth-order valence-corrected chi connectivity index (χ4v) is 5.37. The van der Waals surface area contributed by atoms with E-state index in [1.807, 2.05) is 30.3 Å². The van der Waals surface area contributed by atoms with Crippen molar-refractivity contribution in [1.82, 2.24) is 15.3 Å². The molecule has 1 aromatic carbocycles. The molecule has 0 saturated carbocycles. The van der Waals surface area contributed by atoms with Crippen molar-refractivity contribution in [1.29, 1.82) is 0 Å². The standard InChI is InChI=1S/C31H48BN5O4/c1-25(2)21-27(32-40-19-17-37(3,18-20-41-32)16-10-5-4-9-13-33)23-30(38)28(22-26-11-7-6-8-12-26)36-31(39)29-24-34-14-15-35-29/h6-8,11-12,14-15,24-25,27-28H,3-5,9-10,13,16-23,33H2,1-2H3,(H,36,39)/t27-,28+/m1/s1. The Morgan fingerprint density at radius 1 is 1.07 bits per heavy atom. The highest BCUT2D eigenvalue weighted by Gasteiger charge is 2.37. The summed E-state index contributed by atoms with van der Waals surface area (Å²) in [5, 5.41) is 2.92. The van der Waals surface area contributed by atoms with E-state index >= 15 is 0 Å². The van der Waals surface area contributed by atoms with Gasteiger partial charge in [0.15, 0.2) is 5.78 Å². The number of amides is 1.